The van der Waals surface area contributed by atoms with Crippen LogP contribution >= 0.6 is 0 Å². The highest BCUT2D eigenvalue weighted by atomic mass is 15.3. The van der Waals surface area contributed by atoms with Crippen molar-refractivity contribution in [2.45, 2.75) is 76.8 Å². The molecule has 1 saturated heterocycles. The zero-order valence-corrected chi connectivity index (χ0v) is 11.8. The van der Waals surface area contributed by atoms with Gasteiger partial charge in [-0.2, -0.15) is 0 Å². The lowest BCUT2D eigenvalue weighted by molar-refractivity contribution is 0.0236. The summed E-state index contributed by atoms with van der Waals surface area (Å²) in [5, 5.41) is 0. The number of hydrogen-bond donors (Lipinski definition) is 1. The van der Waals surface area contributed by atoms with Crippen molar-refractivity contribution in [1.82, 2.24) is 4.90 Å². The summed E-state index contributed by atoms with van der Waals surface area (Å²) in [4.78, 5) is 2.80. The van der Waals surface area contributed by atoms with E-state index in [-0.39, 0.29) is 0 Å². The van der Waals surface area contributed by atoms with Crippen LogP contribution in [-0.4, -0.2) is 29.6 Å². The van der Waals surface area contributed by atoms with Gasteiger partial charge in [0.2, 0.25) is 0 Å². The fourth-order valence-electron chi connectivity index (χ4n) is 4.26. The minimum Gasteiger partial charge on any atom is -0.329 e. The Morgan fingerprint density at radius 3 is 2.65 bits per heavy atom. The number of rotatable bonds is 4. The van der Waals surface area contributed by atoms with Crippen LogP contribution in [0.1, 0.15) is 65.2 Å². The van der Waals surface area contributed by atoms with Crippen LogP contribution in [0.3, 0.4) is 0 Å². The summed E-state index contributed by atoms with van der Waals surface area (Å²) in [6.45, 7) is 6.86. The van der Waals surface area contributed by atoms with Crippen LogP contribution in [-0.2, 0) is 0 Å². The lowest BCUT2D eigenvalue weighted by atomic mass is 9.73. The first kappa shape index (κ1) is 13.4. The molecule has 2 fully saturated rings. The van der Waals surface area contributed by atoms with Crippen LogP contribution in [0, 0.1) is 5.92 Å². The second-order valence-electron chi connectivity index (χ2n) is 6.20. The summed E-state index contributed by atoms with van der Waals surface area (Å²) < 4.78 is 0. The summed E-state index contributed by atoms with van der Waals surface area (Å²) in [5.74, 6) is 0.922. The smallest absolute Gasteiger partial charge is 0.0337 e. The molecule has 0 bridgehead atoms. The van der Waals surface area contributed by atoms with E-state index in [1.807, 2.05) is 0 Å². The van der Waals surface area contributed by atoms with E-state index in [4.69, 9.17) is 5.73 Å². The maximum Gasteiger partial charge on any atom is 0.0337 e. The van der Waals surface area contributed by atoms with Gasteiger partial charge in [0.1, 0.15) is 0 Å². The molecule has 2 rings (SSSR count). The average Bonchev–Trinajstić information content (AvgIpc) is 2.87. The van der Waals surface area contributed by atoms with Crippen molar-refractivity contribution in [1.29, 1.82) is 0 Å². The molecule has 2 nitrogen and oxygen atoms in total. The quantitative estimate of drug-likeness (QED) is 0.815. The molecule has 0 spiro atoms. The molecule has 2 heteroatoms. The average molecular weight is 238 g/mol. The van der Waals surface area contributed by atoms with Crippen molar-refractivity contribution in [2.24, 2.45) is 11.7 Å². The van der Waals surface area contributed by atoms with Crippen LogP contribution in [0.2, 0.25) is 0 Å². The molecular formula is C15H30N2. The summed E-state index contributed by atoms with van der Waals surface area (Å²) in [6, 6.07) is 0.814. The van der Waals surface area contributed by atoms with Gasteiger partial charge in [0, 0.05) is 18.1 Å². The highest BCUT2D eigenvalue weighted by Crippen LogP contribution is 2.41. The van der Waals surface area contributed by atoms with Gasteiger partial charge < -0.3 is 5.73 Å². The SMILES string of the molecule is CCC1CCCC(CN)(N2CCCC2CC)C1. The molecule has 1 heterocycles. The van der Waals surface area contributed by atoms with E-state index in [1.54, 1.807) is 0 Å². The maximum absolute atomic E-state index is 6.21. The third-order valence-electron chi connectivity index (χ3n) is 5.34. The second-order valence-corrected chi connectivity index (χ2v) is 6.20. The van der Waals surface area contributed by atoms with Gasteiger partial charge in [0.05, 0.1) is 0 Å². The summed E-state index contributed by atoms with van der Waals surface area (Å²) in [5.41, 5.74) is 6.57. The van der Waals surface area contributed by atoms with Gasteiger partial charge in [0.15, 0.2) is 0 Å². The minimum atomic E-state index is 0.357. The Labute approximate surface area is 107 Å². The van der Waals surface area contributed by atoms with Crippen molar-refractivity contribution in [3.05, 3.63) is 0 Å². The van der Waals surface area contributed by atoms with Crippen molar-refractivity contribution in [3.63, 3.8) is 0 Å². The molecule has 3 atom stereocenters. The minimum absolute atomic E-state index is 0.357. The normalized spacial score (nSPS) is 39.7. The Kier molecular flexibility index (Phi) is 4.48. The predicted octanol–water partition coefficient (Wildman–Crippen LogP) is 3.16. The van der Waals surface area contributed by atoms with E-state index in [0.717, 1.165) is 18.5 Å². The molecule has 1 aliphatic heterocycles. The highest BCUT2D eigenvalue weighted by Gasteiger charge is 2.43. The molecule has 0 aromatic heterocycles. The first-order valence-electron chi connectivity index (χ1n) is 7.72. The lowest BCUT2D eigenvalue weighted by Crippen LogP contribution is -2.57. The monoisotopic (exact) mass is 238 g/mol. The number of nitrogens with zero attached hydrogens (tertiary/aromatic N) is 1. The van der Waals surface area contributed by atoms with Gasteiger partial charge in [-0.3, -0.25) is 4.90 Å². The molecule has 1 aliphatic carbocycles. The van der Waals surface area contributed by atoms with E-state index < -0.39 is 0 Å². The van der Waals surface area contributed by atoms with Crippen molar-refractivity contribution < 1.29 is 0 Å². The summed E-state index contributed by atoms with van der Waals surface area (Å²) in [7, 11) is 0. The standard InChI is InChI=1S/C15H30N2/c1-3-13-7-5-9-15(11-13,12-16)17-10-6-8-14(17)4-2/h13-14H,3-12,16H2,1-2H3. The number of hydrogen-bond acceptors (Lipinski definition) is 2. The van der Waals surface area contributed by atoms with Gasteiger partial charge in [-0.05, 0) is 44.6 Å². The molecule has 100 valence electrons. The van der Waals surface area contributed by atoms with Gasteiger partial charge in [-0.1, -0.05) is 33.1 Å². The largest absolute Gasteiger partial charge is 0.329 e. The Bertz CT molecular complexity index is 241. The lowest BCUT2D eigenvalue weighted by Gasteiger charge is -2.49. The Morgan fingerprint density at radius 1 is 1.18 bits per heavy atom. The van der Waals surface area contributed by atoms with Crippen LogP contribution in [0.25, 0.3) is 0 Å². The van der Waals surface area contributed by atoms with Crippen LogP contribution < -0.4 is 5.73 Å². The third-order valence-corrected chi connectivity index (χ3v) is 5.34. The fourth-order valence-corrected chi connectivity index (χ4v) is 4.26. The molecule has 0 aromatic rings. The Morgan fingerprint density at radius 2 is 2.00 bits per heavy atom. The van der Waals surface area contributed by atoms with Gasteiger partial charge in [-0.15, -0.1) is 0 Å². The van der Waals surface area contributed by atoms with Crippen LogP contribution in [0.5, 0.6) is 0 Å². The van der Waals surface area contributed by atoms with Crippen molar-refractivity contribution in [2.75, 3.05) is 13.1 Å². The molecule has 3 unspecified atom stereocenters. The molecule has 0 aromatic carbocycles. The molecule has 1 saturated carbocycles. The first-order chi connectivity index (χ1) is 8.25. The summed E-state index contributed by atoms with van der Waals surface area (Å²) >= 11 is 0. The zero-order valence-electron chi connectivity index (χ0n) is 11.8. The third kappa shape index (κ3) is 2.53. The number of nitrogens with two attached hydrogens (primary N) is 1. The maximum atomic E-state index is 6.21. The molecular weight excluding hydrogens is 208 g/mol. The van der Waals surface area contributed by atoms with Gasteiger partial charge >= 0.3 is 0 Å². The van der Waals surface area contributed by atoms with E-state index in [2.05, 4.69) is 18.7 Å². The molecule has 17 heavy (non-hydrogen) atoms. The van der Waals surface area contributed by atoms with E-state index in [1.165, 1.54) is 57.9 Å². The number of likely N-dealkylation sites (tertiary alicyclic amines) is 1. The zero-order chi connectivity index (χ0) is 12.3. The van der Waals surface area contributed by atoms with E-state index in [9.17, 15) is 0 Å². The second kappa shape index (κ2) is 5.71. The van der Waals surface area contributed by atoms with Gasteiger partial charge in [-0.25, -0.2) is 0 Å². The highest BCUT2D eigenvalue weighted by molar-refractivity contribution is 5.00. The Hall–Kier alpha value is -0.0800. The van der Waals surface area contributed by atoms with Gasteiger partial charge in [0.25, 0.3) is 0 Å². The molecule has 0 radical (unpaired) electrons. The summed E-state index contributed by atoms with van der Waals surface area (Å²) in [6.07, 6.45) is 11.0. The van der Waals surface area contributed by atoms with Crippen molar-refractivity contribution in [3.8, 4) is 0 Å². The molecule has 0 amide bonds. The molecule has 2 N–H and O–H groups in total. The van der Waals surface area contributed by atoms with Crippen LogP contribution in [0.15, 0.2) is 0 Å². The van der Waals surface area contributed by atoms with Crippen LogP contribution in [0.4, 0.5) is 0 Å². The fraction of sp³-hybridized carbons (Fsp3) is 1.00. The Balaban J connectivity index is 2.12. The van der Waals surface area contributed by atoms with Crippen molar-refractivity contribution >= 4 is 0 Å². The van der Waals surface area contributed by atoms with E-state index in [0.29, 0.717) is 5.54 Å². The topological polar surface area (TPSA) is 29.3 Å². The predicted molar refractivity (Wildman–Crippen MR) is 74.1 cm³/mol. The van der Waals surface area contributed by atoms with E-state index >= 15 is 0 Å². The first-order valence-corrected chi connectivity index (χ1v) is 7.72. The molecule has 2 aliphatic rings.